The van der Waals surface area contributed by atoms with Gasteiger partial charge in [0, 0.05) is 17.4 Å². The number of carbonyl (C=O) groups is 1. The van der Waals surface area contributed by atoms with Crippen molar-refractivity contribution in [2.24, 2.45) is 5.92 Å². The lowest BCUT2D eigenvalue weighted by Crippen LogP contribution is -2.66. The Labute approximate surface area is 149 Å². The molecule has 3 atom stereocenters. The molecule has 5 nitrogen and oxygen atoms in total. The maximum Gasteiger partial charge on any atom is 0.238 e. The summed E-state index contributed by atoms with van der Waals surface area (Å²) in [5.74, 6) is 6.23. The van der Waals surface area contributed by atoms with E-state index < -0.39 is 6.04 Å². The van der Waals surface area contributed by atoms with Gasteiger partial charge in [0.15, 0.2) is 0 Å². The third-order valence-electron chi connectivity index (χ3n) is 4.27. The number of amides is 1. The lowest BCUT2D eigenvalue weighted by atomic mass is 9.75. The van der Waals surface area contributed by atoms with Crippen molar-refractivity contribution >= 4 is 5.91 Å². The van der Waals surface area contributed by atoms with Gasteiger partial charge in [0.1, 0.15) is 6.04 Å². The highest BCUT2D eigenvalue weighted by molar-refractivity contribution is 5.81. The number of benzene rings is 1. The number of hydrogen-bond donors (Lipinski definition) is 1. The first-order valence-corrected chi connectivity index (χ1v) is 8.47. The average molecular weight is 339 g/mol. The van der Waals surface area contributed by atoms with Crippen LogP contribution in [0.2, 0.25) is 0 Å². The van der Waals surface area contributed by atoms with E-state index in [4.69, 9.17) is 0 Å². The van der Waals surface area contributed by atoms with Gasteiger partial charge in [0.25, 0.3) is 0 Å². The predicted octanol–water partition coefficient (Wildman–Crippen LogP) is 1.43. The van der Waals surface area contributed by atoms with E-state index in [1.807, 2.05) is 38.1 Å². The number of likely N-dealkylation sites (tertiary alicyclic amines) is 1. The normalized spacial score (nSPS) is 22.2. The Balaban J connectivity index is 2.20. The Morgan fingerprint density at radius 3 is 2.44 bits per heavy atom. The fourth-order valence-electron chi connectivity index (χ4n) is 3.12. The zero-order chi connectivity index (χ0) is 18.6. The zero-order valence-electron chi connectivity index (χ0n) is 15.2. The molecule has 1 N–H and O–H groups in total. The first-order chi connectivity index (χ1) is 11.9. The molecule has 0 unspecified atom stereocenters. The van der Waals surface area contributed by atoms with Gasteiger partial charge in [0.05, 0.1) is 25.3 Å². The predicted molar refractivity (Wildman–Crippen MR) is 96.6 cm³/mol. The SMILES string of the molecule is CC(C)C#Cc1ccc([C@@H]2[C@@H](CO)N(C(=O)CN(C)C)[C@H]2C#N)cc1. The van der Waals surface area contributed by atoms with Crippen LogP contribution in [-0.2, 0) is 4.79 Å². The first kappa shape index (κ1) is 19.0. The zero-order valence-corrected chi connectivity index (χ0v) is 15.2. The van der Waals surface area contributed by atoms with Crippen molar-refractivity contribution < 1.29 is 9.90 Å². The molecule has 0 radical (unpaired) electrons. The molecule has 1 aromatic rings. The highest BCUT2D eigenvalue weighted by Gasteiger charge is 2.51. The van der Waals surface area contributed by atoms with E-state index in [1.54, 1.807) is 19.0 Å². The molecule has 2 rings (SSSR count). The van der Waals surface area contributed by atoms with Crippen LogP contribution < -0.4 is 0 Å². The quantitative estimate of drug-likeness (QED) is 0.843. The molecule has 0 saturated carbocycles. The van der Waals surface area contributed by atoms with Gasteiger partial charge >= 0.3 is 0 Å². The second kappa shape index (κ2) is 8.16. The summed E-state index contributed by atoms with van der Waals surface area (Å²) in [6.45, 7) is 4.15. The summed E-state index contributed by atoms with van der Waals surface area (Å²) in [5.41, 5.74) is 1.88. The Morgan fingerprint density at radius 2 is 1.96 bits per heavy atom. The minimum absolute atomic E-state index is 0.133. The van der Waals surface area contributed by atoms with E-state index in [-0.39, 0.29) is 31.0 Å². The van der Waals surface area contributed by atoms with E-state index >= 15 is 0 Å². The molecular formula is C20H25N3O2. The Kier molecular flexibility index (Phi) is 6.20. The maximum atomic E-state index is 12.4. The van der Waals surface area contributed by atoms with Gasteiger partial charge in [-0.15, -0.1) is 0 Å². The smallest absolute Gasteiger partial charge is 0.238 e. The molecule has 0 spiro atoms. The van der Waals surface area contributed by atoms with Crippen molar-refractivity contribution in [3.8, 4) is 17.9 Å². The van der Waals surface area contributed by atoms with Gasteiger partial charge in [-0.05, 0) is 31.8 Å². The Hall–Kier alpha value is -2.34. The summed E-state index contributed by atoms with van der Waals surface area (Å²) in [5, 5.41) is 19.3. The Morgan fingerprint density at radius 1 is 1.32 bits per heavy atom. The molecule has 1 aromatic carbocycles. The van der Waals surface area contributed by atoms with Gasteiger partial charge in [-0.25, -0.2) is 0 Å². The molecule has 1 amide bonds. The number of carbonyl (C=O) groups excluding carboxylic acids is 1. The van der Waals surface area contributed by atoms with Crippen LogP contribution in [0.5, 0.6) is 0 Å². The van der Waals surface area contributed by atoms with Crippen LogP contribution in [0.15, 0.2) is 24.3 Å². The van der Waals surface area contributed by atoms with Crippen molar-refractivity contribution in [2.75, 3.05) is 27.2 Å². The fourth-order valence-corrected chi connectivity index (χ4v) is 3.12. The maximum absolute atomic E-state index is 12.4. The third kappa shape index (κ3) is 4.20. The van der Waals surface area contributed by atoms with E-state index in [0.717, 1.165) is 11.1 Å². The summed E-state index contributed by atoms with van der Waals surface area (Å²) in [6, 6.07) is 9.06. The molecule has 0 aromatic heterocycles. The van der Waals surface area contributed by atoms with Crippen molar-refractivity contribution in [3.05, 3.63) is 35.4 Å². The molecule has 1 saturated heterocycles. The van der Waals surface area contributed by atoms with Crippen molar-refractivity contribution in [2.45, 2.75) is 31.8 Å². The number of rotatable bonds is 4. The van der Waals surface area contributed by atoms with E-state index in [2.05, 4.69) is 17.9 Å². The summed E-state index contributed by atoms with van der Waals surface area (Å²) in [4.78, 5) is 15.6. The topological polar surface area (TPSA) is 67.6 Å². The summed E-state index contributed by atoms with van der Waals surface area (Å²) >= 11 is 0. The number of nitriles is 1. The summed E-state index contributed by atoms with van der Waals surface area (Å²) in [7, 11) is 3.61. The van der Waals surface area contributed by atoms with Crippen LogP contribution in [-0.4, -0.2) is 60.1 Å². The van der Waals surface area contributed by atoms with E-state index in [9.17, 15) is 15.2 Å². The molecule has 1 aliphatic heterocycles. The minimum Gasteiger partial charge on any atom is -0.394 e. The molecule has 0 aliphatic carbocycles. The standard InChI is InChI=1S/C20H25N3O2/c1-14(2)5-6-15-7-9-16(10-8-15)20-17(11-21)23(18(20)13-24)19(25)12-22(3)4/h7-10,14,17-18,20,24H,12-13H2,1-4H3/t17-,18+,20-/m0/s1. The van der Waals surface area contributed by atoms with Gasteiger partial charge in [-0.2, -0.15) is 5.26 Å². The lowest BCUT2D eigenvalue weighted by Gasteiger charge is -2.51. The molecule has 1 aliphatic rings. The summed E-state index contributed by atoms with van der Waals surface area (Å²) < 4.78 is 0. The Bertz CT molecular complexity index is 707. The van der Waals surface area contributed by atoms with Crippen molar-refractivity contribution in [1.82, 2.24) is 9.80 Å². The molecule has 1 fully saturated rings. The first-order valence-electron chi connectivity index (χ1n) is 8.47. The molecule has 0 bridgehead atoms. The van der Waals surface area contributed by atoms with E-state index in [1.165, 1.54) is 4.90 Å². The van der Waals surface area contributed by atoms with Crippen LogP contribution in [0.25, 0.3) is 0 Å². The monoisotopic (exact) mass is 339 g/mol. The highest BCUT2D eigenvalue weighted by Crippen LogP contribution is 2.40. The molecular weight excluding hydrogens is 314 g/mol. The van der Waals surface area contributed by atoms with Crippen LogP contribution >= 0.6 is 0 Å². The van der Waals surface area contributed by atoms with Crippen LogP contribution in [0.4, 0.5) is 0 Å². The number of aliphatic hydroxyl groups is 1. The van der Waals surface area contributed by atoms with Gasteiger partial charge in [0.2, 0.25) is 5.91 Å². The van der Waals surface area contributed by atoms with Crippen LogP contribution in [0.3, 0.4) is 0 Å². The van der Waals surface area contributed by atoms with Gasteiger partial charge < -0.3 is 14.9 Å². The molecule has 25 heavy (non-hydrogen) atoms. The second-order valence-electron chi connectivity index (χ2n) is 6.93. The second-order valence-corrected chi connectivity index (χ2v) is 6.93. The molecule has 1 heterocycles. The van der Waals surface area contributed by atoms with E-state index in [0.29, 0.717) is 5.92 Å². The number of likely N-dealkylation sites (N-methyl/N-ethyl adjacent to an activating group) is 1. The third-order valence-corrected chi connectivity index (χ3v) is 4.27. The lowest BCUT2D eigenvalue weighted by molar-refractivity contribution is -0.147. The highest BCUT2D eigenvalue weighted by atomic mass is 16.3. The number of hydrogen-bond acceptors (Lipinski definition) is 4. The largest absolute Gasteiger partial charge is 0.394 e. The van der Waals surface area contributed by atoms with Gasteiger partial charge in [-0.3, -0.25) is 4.79 Å². The molecule has 5 heteroatoms. The van der Waals surface area contributed by atoms with Crippen molar-refractivity contribution in [3.63, 3.8) is 0 Å². The fraction of sp³-hybridized carbons (Fsp3) is 0.500. The summed E-state index contributed by atoms with van der Waals surface area (Å²) in [6.07, 6.45) is 0. The minimum atomic E-state index is -0.544. The molecule has 132 valence electrons. The van der Waals surface area contributed by atoms with Gasteiger partial charge in [-0.1, -0.05) is 37.8 Å². The average Bonchev–Trinajstić information content (AvgIpc) is 2.53. The van der Waals surface area contributed by atoms with Crippen molar-refractivity contribution in [1.29, 1.82) is 5.26 Å². The van der Waals surface area contributed by atoms with Crippen LogP contribution in [0, 0.1) is 29.1 Å². The number of aliphatic hydroxyl groups excluding tert-OH is 1. The number of nitrogens with zero attached hydrogens (tertiary/aromatic N) is 3. The van der Waals surface area contributed by atoms with Crippen LogP contribution in [0.1, 0.15) is 30.9 Å².